The predicted octanol–water partition coefficient (Wildman–Crippen LogP) is 4.44. The third kappa shape index (κ3) is 6.84. The summed E-state index contributed by atoms with van der Waals surface area (Å²) in [5.41, 5.74) is 2.15. The van der Waals surface area contributed by atoms with E-state index in [1.165, 1.54) is 0 Å². The van der Waals surface area contributed by atoms with Gasteiger partial charge in [-0.1, -0.05) is 56.1 Å². The molecule has 0 fully saturated rings. The smallest absolute Gasteiger partial charge is 0.0549 e. The molecule has 0 unspecified atom stereocenters. The number of likely N-dealkylation sites (N-methyl/N-ethyl adjacent to an activating group) is 2. The summed E-state index contributed by atoms with van der Waals surface area (Å²) in [4.78, 5) is 0. The first-order valence-electron chi connectivity index (χ1n) is 7.54. The molecular formula is C18H20Br2N4. The standard InChI is InChI=1S/C18H20Br2N4/c1-23(21-13-15-3-7-17(19)8-4-15)11-12-24(2)22-14-16-5-9-18(20)10-6-16/h3-10,13-14H,11-12H2,1-2H3/b21-13+,22-14+. The average Bonchev–Trinajstić information content (AvgIpc) is 2.59. The Bertz CT molecular complexity index is 620. The quantitative estimate of drug-likeness (QED) is 0.460. The van der Waals surface area contributed by atoms with Gasteiger partial charge in [-0.2, -0.15) is 10.2 Å². The maximum atomic E-state index is 4.43. The van der Waals surface area contributed by atoms with Crippen molar-refractivity contribution in [3.05, 3.63) is 68.6 Å². The van der Waals surface area contributed by atoms with Crippen LogP contribution in [-0.4, -0.2) is 49.6 Å². The van der Waals surface area contributed by atoms with Gasteiger partial charge in [0.25, 0.3) is 0 Å². The number of benzene rings is 2. The molecule has 0 N–H and O–H groups in total. The van der Waals surface area contributed by atoms with E-state index in [1.54, 1.807) is 0 Å². The lowest BCUT2D eigenvalue weighted by Crippen LogP contribution is -2.25. The summed E-state index contributed by atoms with van der Waals surface area (Å²) < 4.78 is 2.14. The van der Waals surface area contributed by atoms with Crippen LogP contribution in [-0.2, 0) is 0 Å². The number of hydrogen-bond acceptors (Lipinski definition) is 4. The Morgan fingerprint density at radius 1 is 0.708 bits per heavy atom. The third-order valence-electron chi connectivity index (χ3n) is 3.30. The minimum absolute atomic E-state index is 0.793. The van der Waals surface area contributed by atoms with E-state index in [1.807, 2.05) is 85.1 Å². The van der Waals surface area contributed by atoms with Gasteiger partial charge in [0, 0.05) is 23.0 Å². The van der Waals surface area contributed by atoms with Gasteiger partial charge in [0.1, 0.15) is 0 Å². The fourth-order valence-electron chi connectivity index (χ4n) is 1.83. The molecule has 0 amide bonds. The summed E-state index contributed by atoms with van der Waals surface area (Å²) in [5.74, 6) is 0. The monoisotopic (exact) mass is 450 g/mol. The first-order valence-corrected chi connectivity index (χ1v) is 9.13. The molecule has 0 saturated heterocycles. The molecule has 0 aliphatic carbocycles. The van der Waals surface area contributed by atoms with Crippen molar-refractivity contribution in [2.75, 3.05) is 27.2 Å². The highest BCUT2D eigenvalue weighted by Crippen LogP contribution is 2.10. The van der Waals surface area contributed by atoms with Crippen molar-refractivity contribution in [3.8, 4) is 0 Å². The Balaban J connectivity index is 1.77. The number of halogens is 2. The van der Waals surface area contributed by atoms with Crippen molar-refractivity contribution in [1.82, 2.24) is 10.0 Å². The molecule has 126 valence electrons. The fourth-order valence-corrected chi connectivity index (χ4v) is 2.36. The van der Waals surface area contributed by atoms with Crippen LogP contribution < -0.4 is 0 Å². The second-order valence-electron chi connectivity index (χ2n) is 5.35. The molecule has 2 aromatic rings. The SMILES string of the molecule is CN(CCN(C)/N=C/c1ccc(Br)cc1)/N=C/c1ccc(Br)cc1. The number of hydrazone groups is 2. The molecule has 0 aromatic heterocycles. The molecule has 0 aliphatic heterocycles. The average molecular weight is 452 g/mol. The summed E-state index contributed by atoms with van der Waals surface area (Å²) in [6.45, 7) is 1.59. The molecule has 0 atom stereocenters. The molecule has 0 bridgehead atoms. The highest BCUT2D eigenvalue weighted by molar-refractivity contribution is 9.10. The zero-order chi connectivity index (χ0) is 17.4. The van der Waals surface area contributed by atoms with Crippen LogP contribution in [0.4, 0.5) is 0 Å². The van der Waals surface area contributed by atoms with Crippen LogP contribution in [0.3, 0.4) is 0 Å². The number of nitrogens with zero attached hydrogens (tertiary/aromatic N) is 4. The van der Waals surface area contributed by atoms with Gasteiger partial charge in [-0.05, 0) is 35.4 Å². The van der Waals surface area contributed by atoms with Crippen molar-refractivity contribution in [2.24, 2.45) is 10.2 Å². The lowest BCUT2D eigenvalue weighted by Gasteiger charge is -2.17. The second-order valence-corrected chi connectivity index (χ2v) is 7.19. The highest BCUT2D eigenvalue weighted by atomic mass is 79.9. The van der Waals surface area contributed by atoms with E-state index in [2.05, 4.69) is 42.1 Å². The zero-order valence-electron chi connectivity index (χ0n) is 13.7. The lowest BCUT2D eigenvalue weighted by molar-refractivity contribution is 0.272. The zero-order valence-corrected chi connectivity index (χ0v) is 16.9. The van der Waals surface area contributed by atoms with Crippen LogP contribution in [0.5, 0.6) is 0 Å². The molecule has 4 nitrogen and oxygen atoms in total. The predicted molar refractivity (Wildman–Crippen MR) is 109 cm³/mol. The Morgan fingerprint density at radius 2 is 1.04 bits per heavy atom. The van der Waals surface area contributed by atoms with Crippen LogP contribution in [0.15, 0.2) is 67.7 Å². The van der Waals surface area contributed by atoms with E-state index in [-0.39, 0.29) is 0 Å². The third-order valence-corrected chi connectivity index (χ3v) is 4.35. The second kappa shape index (κ2) is 9.59. The summed E-state index contributed by atoms with van der Waals surface area (Å²) in [7, 11) is 3.92. The van der Waals surface area contributed by atoms with Gasteiger partial charge in [-0.3, -0.25) is 10.0 Å². The molecule has 0 spiro atoms. The van der Waals surface area contributed by atoms with Gasteiger partial charge >= 0.3 is 0 Å². The molecule has 0 heterocycles. The molecule has 0 aliphatic rings. The maximum Gasteiger partial charge on any atom is 0.0549 e. The first kappa shape index (κ1) is 18.7. The fraction of sp³-hybridized carbons (Fsp3) is 0.222. The van der Waals surface area contributed by atoms with E-state index in [0.717, 1.165) is 33.2 Å². The Hall–Kier alpha value is -1.66. The van der Waals surface area contributed by atoms with Gasteiger partial charge < -0.3 is 0 Å². The first-order chi connectivity index (χ1) is 11.5. The van der Waals surface area contributed by atoms with Crippen LogP contribution >= 0.6 is 31.9 Å². The topological polar surface area (TPSA) is 31.2 Å². The van der Waals surface area contributed by atoms with Crippen molar-refractivity contribution < 1.29 is 0 Å². The Morgan fingerprint density at radius 3 is 1.38 bits per heavy atom. The highest BCUT2D eigenvalue weighted by Gasteiger charge is 1.97. The van der Waals surface area contributed by atoms with Gasteiger partial charge in [0.05, 0.1) is 25.5 Å². The van der Waals surface area contributed by atoms with E-state index in [9.17, 15) is 0 Å². The van der Waals surface area contributed by atoms with Crippen LogP contribution in [0.25, 0.3) is 0 Å². The Kier molecular flexibility index (Phi) is 7.46. The van der Waals surface area contributed by atoms with Crippen molar-refractivity contribution in [1.29, 1.82) is 0 Å². The van der Waals surface area contributed by atoms with Crippen LogP contribution in [0.1, 0.15) is 11.1 Å². The summed E-state index contributed by atoms with van der Waals surface area (Å²) in [5, 5.41) is 12.7. The largest absolute Gasteiger partial charge is 0.298 e. The molecule has 2 aromatic carbocycles. The molecule has 24 heavy (non-hydrogen) atoms. The van der Waals surface area contributed by atoms with E-state index >= 15 is 0 Å². The maximum absolute atomic E-state index is 4.43. The summed E-state index contributed by atoms with van der Waals surface area (Å²) in [6, 6.07) is 16.1. The Labute approximate surface area is 160 Å². The molecular weight excluding hydrogens is 432 g/mol. The van der Waals surface area contributed by atoms with Crippen molar-refractivity contribution in [3.63, 3.8) is 0 Å². The van der Waals surface area contributed by atoms with E-state index in [0.29, 0.717) is 0 Å². The van der Waals surface area contributed by atoms with Gasteiger partial charge in [0.2, 0.25) is 0 Å². The van der Waals surface area contributed by atoms with Gasteiger partial charge in [-0.25, -0.2) is 0 Å². The molecule has 2 rings (SSSR count). The number of hydrogen-bond donors (Lipinski definition) is 0. The van der Waals surface area contributed by atoms with E-state index in [4.69, 9.17) is 0 Å². The minimum atomic E-state index is 0.793. The molecule has 0 radical (unpaired) electrons. The van der Waals surface area contributed by atoms with Crippen LogP contribution in [0.2, 0.25) is 0 Å². The normalized spacial score (nSPS) is 11.3. The summed E-state index contributed by atoms with van der Waals surface area (Å²) >= 11 is 6.85. The van der Waals surface area contributed by atoms with Crippen molar-refractivity contribution in [2.45, 2.75) is 0 Å². The van der Waals surface area contributed by atoms with Gasteiger partial charge in [0.15, 0.2) is 0 Å². The lowest BCUT2D eigenvalue weighted by atomic mass is 10.2. The molecule has 6 heteroatoms. The van der Waals surface area contributed by atoms with Crippen molar-refractivity contribution >= 4 is 44.3 Å². The summed E-state index contributed by atoms with van der Waals surface area (Å²) in [6.07, 6.45) is 3.72. The van der Waals surface area contributed by atoms with Crippen LogP contribution in [0, 0.1) is 0 Å². The van der Waals surface area contributed by atoms with Gasteiger partial charge in [-0.15, -0.1) is 0 Å². The minimum Gasteiger partial charge on any atom is -0.298 e. The number of rotatable bonds is 7. The molecule has 0 saturated carbocycles. The van der Waals surface area contributed by atoms with E-state index < -0.39 is 0 Å².